The maximum absolute atomic E-state index is 12.1. The van der Waals surface area contributed by atoms with E-state index in [2.05, 4.69) is 0 Å². The minimum absolute atomic E-state index is 0.185. The first-order valence-corrected chi connectivity index (χ1v) is 3.95. The Morgan fingerprint density at radius 2 is 2.15 bits per heavy atom. The molecule has 2 rings (SSSR count). The quantitative estimate of drug-likeness (QED) is 0.755. The van der Waals surface area contributed by atoms with Crippen LogP contribution in [0.15, 0.2) is 18.2 Å². The van der Waals surface area contributed by atoms with Gasteiger partial charge in [0.15, 0.2) is 11.5 Å². The number of benzene rings is 1. The summed E-state index contributed by atoms with van der Waals surface area (Å²) in [5.41, 5.74) is 0.506. The fraction of sp³-hybridized carbons (Fsp3) is 0.333. The van der Waals surface area contributed by atoms with Crippen LogP contribution in [0.1, 0.15) is 11.7 Å². The van der Waals surface area contributed by atoms with E-state index in [4.69, 9.17) is 9.47 Å². The van der Waals surface area contributed by atoms with Crippen LogP contribution in [0.4, 0.5) is 4.39 Å². The van der Waals surface area contributed by atoms with Crippen molar-refractivity contribution in [3.05, 3.63) is 23.8 Å². The summed E-state index contributed by atoms with van der Waals surface area (Å²) in [6, 6.07) is 4.88. The van der Waals surface area contributed by atoms with E-state index in [1.165, 1.54) is 0 Å². The SMILES string of the molecule is OC(CF)c1ccc2c(c1)OCO2. The van der Waals surface area contributed by atoms with Gasteiger partial charge in [-0.2, -0.15) is 0 Å². The molecule has 1 unspecified atom stereocenters. The number of aliphatic hydroxyl groups is 1. The van der Waals surface area contributed by atoms with Gasteiger partial charge >= 0.3 is 0 Å². The lowest BCUT2D eigenvalue weighted by Gasteiger charge is -2.06. The van der Waals surface area contributed by atoms with Gasteiger partial charge < -0.3 is 14.6 Å². The van der Waals surface area contributed by atoms with Crippen molar-refractivity contribution in [1.82, 2.24) is 0 Å². The number of halogens is 1. The van der Waals surface area contributed by atoms with Crippen molar-refractivity contribution in [2.75, 3.05) is 13.5 Å². The average molecular weight is 184 g/mol. The lowest BCUT2D eigenvalue weighted by molar-refractivity contribution is 0.141. The predicted octanol–water partition coefficient (Wildman–Crippen LogP) is 1.42. The molecular weight excluding hydrogens is 175 g/mol. The molecule has 0 amide bonds. The summed E-state index contributed by atoms with van der Waals surface area (Å²) >= 11 is 0. The Morgan fingerprint density at radius 1 is 1.38 bits per heavy atom. The summed E-state index contributed by atoms with van der Waals surface area (Å²) in [6.45, 7) is -0.607. The van der Waals surface area contributed by atoms with E-state index in [9.17, 15) is 9.50 Å². The number of aliphatic hydroxyl groups excluding tert-OH is 1. The van der Waals surface area contributed by atoms with Gasteiger partial charge in [0.25, 0.3) is 0 Å². The molecule has 1 aromatic rings. The fourth-order valence-electron chi connectivity index (χ4n) is 1.21. The molecule has 0 radical (unpaired) electrons. The zero-order valence-corrected chi connectivity index (χ0v) is 6.87. The van der Waals surface area contributed by atoms with Crippen molar-refractivity contribution < 1.29 is 19.0 Å². The third-order valence-corrected chi connectivity index (χ3v) is 1.93. The van der Waals surface area contributed by atoms with Crippen molar-refractivity contribution in [2.24, 2.45) is 0 Å². The standard InChI is InChI=1S/C9H9FO3/c10-4-7(11)6-1-2-8-9(3-6)13-5-12-8/h1-3,7,11H,4-5H2. The van der Waals surface area contributed by atoms with Crippen LogP contribution in [0, 0.1) is 0 Å². The van der Waals surface area contributed by atoms with E-state index in [1.807, 2.05) is 0 Å². The van der Waals surface area contributed by atoms with Crippen LogP contribution >= 0.6 is 0 Å². The van der Waals surface area contributed by atoms with Gasteiger partial charge in [0, 0.05) is 0 Å². The molecule has 1 aliphatic rings. The lowest BCUT2D eigenvalue weighted by atomic mass is 10.1. The Bertz CT molecular complexity index is 314. The molecule has 13 heavy (non-hydrogen) atoms. The maximum Gasteiger partial charge on any atom is 0.231 e. The number of hydrogen-bond donors (Lipinski definition) is 1. The van der Waals surface area contributed by atoms with E-state index in [1.54, 1.807) is 18.2 Å². The molecule has 0 aromatic heterocycles. The molecule has 0 bridgehead atoms. The molecule has 1 aromatic carbocycles. The topological polar surface area (TPSA) is 38.7 Å². The predicted molar refractivity (Wildman–Crippen MR) is 43.5 cm³/mol. The third-order valence-electron chi connectivity index (χ3n) is 1.93. The number of rotatable bonds is 2. The number of ether oxygens (including phenoxy) is 2. The minimum atomic E-state index is -1.07. The van der Waals surface area contributed by atoms with E-state index in [0.29, 0.717) is 17.1 Å². The fourth-order valence-corrected chi connectivity index (χ4v) is 1.21. The zero-order valence-electron chi connectivity index (χ0n) is 6.87. The summed E-state index contributed by atoms with van der Waals surface area (Å²) < 4.78 is 22.2. The summed E-state index contributed by atoms with van der Waals surface area (Å²) in [5, 5.41) is 9.19. The van der Waals surface area contributed by atoms with Gasteiger partial charge in [0.2, 0.25) is 6.79 Å². The molecule has 0 fully saturated rings. The first kappa shape index (κ1) is 8.31. The van der Waals surface area contributed by atoms with Gasteiger partial charge in [-0.3, -0.25) is 0 Å². The van der Waals surface area contributed by atoms with E-state index in [0.717, 1.165) is 0 Å². The smallest absolute Gasteiger partial charge is 0.231 e. The van der Waals surface area contributed by atoms with Gasteiger partial charge in [0.1, 0.15) is 12.8 Å². The molecule has 0 aliphatic carbocycles. The molecule has 0 spiro atoms. The van der Waals surface area contributed by atoms with Crippen molar-refractivity contribution in [1.29, 1.82) is 0 Å². The average Bonchev–Trinajstić information content (AvgIpc) is 2.63. The van der Waals surface area contributed by atoms with E-state index in [-0.39, 0.29) is 6.79 Å². The van der Waals surface area contributed by atoms with Crippen molar-refractivity contribution in [3.63, 3.8) is 0 Å². The highest BCUT2D eigenvalue weighted by Gasteiger charge is 2.16. The highest BCUT2D eigenvalue weighted by molar-refractivity contribution is 5.45. The molecule has 1 heterocycles. The highest BCUT2D eigenvalue weighted by atomic mass is 19.1. The van der Waals surface area contributed by atoms with E-state index < -0.39 is 12.8 Å². The number of fused-ring (bicyclic) bond motifs is 1. The zero-order chi connectivity index (χ0) is 9.26. The highest BCUT2D eigenvalue weighted by Crippen LogP contribution is 2.34. The first-order chi connectivity index (χ1) is 6.31. The monoisotopic (exact) mass is 184 g/mol. The largest absolute Gasteiger partial charge is 0.454 e. The Kier molecular flexibility index (Phi) is 2.06. The Labute approximate surface area is 74.7 Å². The van der Waals surface area contributed by atoms with Gasteiger partial charge in [0.05, 0.1) is 0 Å². The Hall–Kier alpha value is -1.29. The molecule has 0 saturated carbocycles. The Morgan fingerprint density at radius 3 is 2.92 bits per heavy atom. The van der Waals surface area contributed by atoms with Crippen LogP contribution < -0.4 is 9.47 Å². The van der Waals surface area contributed by atoms with Crippen LogP contribution in [-0.2, 0) is 0 Å². The molecule has 1 N–H and O–H groups in total. The second-order valence-electron chi connectivity index (χ2n) is 2.78. The maximum atomic E-state index is 12.1. The van der Waals surface area contributed by atoms with Crippen molar-refractivity contribution in [2.45, 2.75) is 6.10 Å². The second kappa shape index (κ2) is 3.22. The Balaban J connectivity index is 2.30. The van der Waals surface area contributed by atoms with Gasteiger partial charge in [-0.25, -0.2) is 4.39 Å². The van der Waals surface area contributed by atoms with Crippen molar-refractivity contribution in [3.8, 4) is 11.5 Å². The van der Waals surface area contributed by atoms with Gasteiger partial charge in [-0.05, 0) is 17.7 Å². The normalized spacial score (nSPS) is 15.8. The third kappa shape index (κ3) is 1.45. The summed E-state index contributed by atoms with van der Waals surface area (Å²) in [4.78, 5) is 0. The second-order valence-corrected chi connectivity index (χ2v) is 2.78. The first-order valence-electron chi connectivity index (χ1n) is 3.95. The number of hydrogen-bond acceptors (Lipinski definition) is 3. The molecule has 1 atom stereocenters. The molecule has 3 nitrogen and oxygen atoms in total. The van der Waals surface area contributed by atoms with Crippen LogP contribution in [-0.4, -0.2) is 18.6 Å². The van der Waals surface area contributed by atoms with Crippen molar-refractivity contribution >= 4 is 0 Å². The van der Waals surface area contributed by atoms with E-state index >= 15 is 0 Å². The number of alkyl halides is 1. The molecular formula is C9H9FO3. The molecule has 1 aliphatic heterocycles. The molecule has 4 heteroatoms. The van der Waals surface area contributed by atoms with Gasteiger partial charge in [-0.15, -0.1) is 0 Å². The van der Waals surface area contributed by atoms with Gasteiger partial charge in [-0.1, -0.05) is 6.07 Å². The van der Waals surface area contributed by atoms with Crippen LogP contribution in [0.5, 0.6) is 11.5 Å². The van der Waals surface area contributed by atoms with Crippen LogP contribution in [0.25, 0.3) is 0 Å². The molecule has 0 saturated heterocycles. The minimum Gasteiger partial charge on any atom is -0.454 e. The van der Waals surface area contributed by atoms with Crippen LogP contribution in [0.2, 0.25) is 0 Å². The van der Waals surface area contributed by atoms with Crippen LogP contribution in [0.3, 0.4) is 0 Å². The molecule has 70 valence electrons. The summed E-state index contributed by atoms with van der Waals surface area (Å²) in [5.74, 6) is 1.19. The lowest BCUT2D eigenvalue weighted by Crippen LogP contribution is -1.98. The summed E-state index contributed by atoms with van der Waals surface area (Å²) in [6.07, 6.45) is -1.07. The summed E-state index contributed by atoms with van der Waals surface area (Å²) in [7, 11) is 0.